The molecule has 0 saturated carbocycles. The fourth-order valence-corrected chi connectivity index (χ4v) is 18.6. The first-order valence-electron chi connectivity index (χ1n) is 48.8. The van der Waals surface area contributed by atoms with Crippen LogP contribution in [0.4, 0.5) is 0 Å². The van der Waals surface area contributed by atoms with Crippen LogP contribution in [0.15, 0.2) is 255 Å². The Morgan fingerprint density at radius 2 is 0.644 bits per heavy atom. The van der Waals surface area contributed by atoms with Gasteiger partial charge in [0.1, 0.15) is 5.75 Å². The Kier molecular flexibility index (Phi) is 38.9. The summed E-state index contributed by atoms with van der Waals surface area (Å²) >= 11 is 36.5. The van der Waals surface area contributed by atoms with E-state index in [2.05, 4.69) is 72.5 Å². The van der Waals surface area contributed by atoms with Crippen LogP contribution in [0.2, 0.25) is 30.1 Å². The van der Waals surface area contributed by atoms with Crippen molar-refractivity contribution in [2.75, 3.05) is 33.0 Å². The highest BCUT2D eigenvalue weighted by molar-refractivity contribution is 6.32. The van der Waals surface area contributed by atoms with Gasteiger partial charge < -0.3 is 30.3 Å². The summed E-state index contributed by atoms with van der Waals surface area (Å²) in [6, 6.07) is 53.3. The summed E-state index contributed by atoms with van der Waals surface area (Å²) in [4.78, 5) is 153. The van der Waals surface area contributed by atoms with E-state index in [0.717, 1.165) is 73.2 Å². The number of fused-ring (bicyclic) bond motifs is 5. The third-order valence-corrected chi connectivity index (χ3v) is 27.1. The first-order chi connectivity index (χ1) is 71.4. The predicted octanol–water partition coefficient (Wildman–Crippen LogP) is 17.3. The minimum atomic E-state index is -0.469. The van der Waals surface area contributed by atoms with Crippen molar-refractivity contribution >= 4 is 124 Å². The van der Waals surface area contributed by atoms with Crippen molar-refractivity contribution in [2.24, 2.45) is 47.1 Å². The molecule has 31 nitrogen and oxygen atoms in total. The molecule has 0 aliphatic rings. The molecule has 37 heteroatoms. The summed E-state index contributed by atoms with van der Waals surface area (Å²) in [6.07, 6.45) is 13.3. The van der Waals surface area contributed by atoms with Crippen LogP contribution in [0.3, 0.4) is 0 Å². The number of rotatable bonds is 32. The van der Waals surface area contributed by atoms with E-state index in [9.17, 15) is 58.2 Å². The van der Waals surface area contributed by atoms with Gasteiger partial charge in [0, 0.05) is 172 Å². The molecule has 0 unspecified atom stereocenters. The lowest BCUT2D eigenvalue weighted by molar-refractivity contribution is 0.277. The van der Waals surface area contributed by atoms with Crippen LogP contribution < -0.4 is 61.0 Å². The second-order valence-corrected chi connectivity index (χ2v) is 39.7. The van der Waals surface area contributed by atoms with Gasteiger partial charge in [-0.05, 0) is 194 Å². The normalized spacial score (nSPS) is 11.4. The Morgan fingerprint density at radius 3 is 1.03 bits per heavy atom. The molecule has 778 valence electrons. The largest absolute Gasteiger partial charge is 0.439 e. The quantitative estimate of drug-likeness (QED) is 0.0261. The average Bonchev–Trinajstić information content (AvgIpc) is 0.750. The van der Waals surface area contributed by atoms with E-state index in [-0.39, 0.29) is 94.7 Å². The van der Waals surface area contributed by atoms with Crippen molar-refractivity contribution < 1.29 is 30.3 Å². The molecule has 10 aromatic heterocycles. The number of hydrogen-bond donors (Lipinski definition) is 5. The third-order valence-electron chi connectivity index (χ3n) is 25.6. The van der Waals surface area contributed by atoms with E-state index in [4.69, 9.17) is 89.7 Å². The van der Waals surface area contributed by atoms with Gasteiger partial charge in [-0.3, -0.25) is 89.6 Å². The van der Waals surface area contributed by atoms with E-state index in [1.54, 1.807) is 145 Å². The number of ether oxygens (including phenoxy) is 1. The summed E-state index contributed by atoms with van der Waals surface area (Å²) in [6.45, 7) is 13.1. The van der Waals surface area contributed by atoms with Crippen LogP contribution in [0.25, 0.3) is 99.5 Å². The number of pyridine rings is 5. The first kappa shape index (κ1) is 113. The van der Waals surface area contributed by atoms with Gasteiger partial charge in [-0.25, -0.2) is 29.0 Å². The van der Waals surface area contributed by atoms with Crippen LogP contribution >= 0.6 is 69.6 Å². The molecule has 0 saturated heterocycles. The van der Waals surface area contributed by atoms with Crippen LogP contribution in [0.1, 0.15) is 131 Å². The highest BCUT2D eigenvalue weighted by Gasteiger charge is 2.28. The van der Waals surface area contributed by atoms with Gasteiger partial charge in [0.05, 0.1) is 108 Å². The van der Waals surface area contributed by atoms with Gasteiger partial charge in [-0.1, -0.05) is 202 Å². The SMILES string of the molecule is CC(C)CCc1c(-c2ccc(Cl)cc2)ncc2c1c(=O)n(CCCO)c(=O)n2C.CC(C)CCc1c(-c2cccc(Cl)c2)ncc2c1c(=O)n(CCCO)c(=O)n2C.CC(C)c1ccccc1-c1cc2c(=O)n(CCCO)c(=O)n(C)c2cn1.Cn1c(=O)n(CCCO)c(=O)c2c(Cc3ccc(Cl)cc3)c(-c3ccc(Cl)cc3)ncc21.Cn1c(=O)n(CCCO)c(=O)c2c(Cc3ccc(Cl)cc3)c(Oc3cccc(Cl)c3)ncc21. The molecule has 17 aromatic rings. The topological polar surface area (TPSA) is 395 Å². The average molecular weight is 2140 g/mol. The molecular weight excluding hydrogens is 2020 g/mol. The molecule has 0 fully saturated rings. The van der Waals surface area contributed by atoms with Crippen molar-refractivity contribution in [3.8, 4) is 56.7 Å². The lowest BCUT2D eigenvalue weighted by Gasteiger charge is -2.17. The molecule has 0 aliphatic carbocycles. The van der Waals surface area contributed by atoms with E-state index >= 15 is 0 Å². The number of benzene rings is 7. The van der Waals surface area contributed by atoms with Crippen molar-refractivity contribution in [3.63, 3.8) is 0 Å². The van der Waals surface area contributed by atoms with Crippen molar-refractivity contribution in [3.05, 3.63) is 380 Å². The fraction of sp³-hybridized carbons (Fsp3) is 0.312. The minimum Gasteiger partial charge on any atom is -0.439 e. The molecule has 0 radical (unpaired) electrons. The second kappa shape index (κ2) is 51.5. The number of aryl methyl sites for hydroxylation is 7. The monoisotopic (exact) mass is 2140 g/mol. The maximum Gasteiger partial charge on any atom is 0.331 e. The summed E-state index contributed by atoms with van der Waals surface area (Å²) in [5.41, 5.74) is 10.7. The van der Waals surface area contributed by atoms with E-state index in [1.165, 1.54) is 47.3 Å². The molecule has 0 atom stereocenters. The maximum absolute atomic E-state index is 13.5. The van der Waals surface area contributed by atoms with Crippen molar-refractivity contribution in [2.45, 2.75) is 151 Å². The number of aliphatic hydroxyl groups excluding tert-OH is 5. The van der Waals surface area contributed by atoms with Crippen molar-refractivity contribution in [1.82, 2.24) is 70.6 Å². The summed E-state index contributed by atoms with van der Waals surface area (Å²) < 4.78 is 19.1. The lowest BCUT2D eigenvalue weighted by Crippen LogP contribution is -2.39. The number of nitrogens with zero attached hydrogens (tertiary/aromatic N) is 15. The molecule has 17 rings (SSSR count). The third kappa shape index (κ3) is 26.1. The van der Waals surface area contributed by atoms with Crippen LogP contribution in [0.5, 0.6) is 11.6 Å². The van der Waals surface area contributed by atoms with Gasteiger partial charge in [0.2, 0.25) is 5.88 Å². The predicted molar refractivity (Wildman–Crippen MR) is 592 cm³/mol. The zero-order valence-corrected chi connectivity index (χ0v) is 88.9. The van der Waals surface area contributed by atoms with Gasteiger partial charge in [0.15, 0.2) is 0 Å². The van der Waals surface area contributed by atoms with E-state index < -0.39 is 39.6 Å². The molecule has 0 amide bonds. The van der Waals surface area contributed by atoms with Gasteiger partial charge >= 0.3 is 28.4 Å². The molecule has 5 N–H and O–H groups in total. The Bertz CT molecular complexity index is 8430. The molecule has 10 heterocycles. The number of hydrogen-bond acceptors (Lipinski definition) is 21. The van der Waals surface area contributed by atoms with Gasteiger partial charge in [0.25, 0.3) is 27.8 Å². The molecule has 0 aliphatic heterocycles. The second-order valence-electron chi connectivity index (χ2n) is 37.1. The van der Waals surface area contributed by atoms with Crippen molar-refractivity contribution in [1.29, 1.82) is 0 Å². The zero-order chi connectivity index (χ0) is 107. The first-order valence-corrected chi connectivity index (χ1v) is 51.1. The highest BCUT2D eigenvalue weighted by Crippen LogP contribution is 2.37. The smallest absolute Gasteiger partial charge is 0.331 e. The highest BCUT2D eigenvalue weighted by atomic mass is 35.5. The number of aliphatic hydroxyl groups is 5. The summed E-state index contributed by atoms with van der Waals surface area (Å²) in [7, 11) is 8.13. The van der Waals surface area contributed by atoms with Crippen LogP contribution in [0, 0.1) is 11.8 Å². The van der Waals surface area contributed by atoms with Gasteiger partial charge in [-0.15, -0.1) is 0 Å². The number of halogens is 6. The summed E-state index contributed by atoms with van der Waals surface area (Å²) in [5, 5.41) is 51.6. The van der Waals surface area contributed by atoms with Crippen LogP contribution in [-0.4, -0.2) is 129 Å². The Labute approximate surface area is 886 Å². The molecule has 0 bridgehead atoms. The molecule has 7 aromatic carbocycles. The molecule has 0 spiro atoms. The maximum atomic E-state index is 13.5. The minimum absolute atomic E-state index is 0.0724. The standard InChI is InChI=1S/C24H21Cl2N3O4.C24H21Cl2N3O3.2C22H26ClN3O3.C20H23N3O3/c1-28-20-14-27-22(33-18-5-2-4-17(26)13-18)19(12-15-6-8-16(25)9-7-15)21(20)23(31)29(24(28)32)10-3-11-30;1-28-20-14-27-22(16-5-9-18(26)10-6-16)19(13-15-3-7-17(25)8-4-15)21(20)23(31)29(24(28)32)11-2-12-30;1-14(2)5-10-17-19-18(13-24-20(17)15-6-8-16(23)9-7-15)25(3)22(29)26(21(19)28)11-4-12-27;1-14(2)8-9-17-19-18(13-24-20(17)15-6-4-7-16(23)12-15)25(3)22(29)26(21(19)28)10-5-11-27;1-13(2)14-7-4-5-8-15(14)17-11-16-18(12-21-17)22(3)20(26)23(19(16)25)9-6-10-24/h2,4-9,13-14,30H,3,10-12H2,1H3;3-10,14,30H,2,11-13H2,1H3;6-9,13-14,27H,4-5,10-12H2,1-3H3;4,6-7,12-14,27H,5,8-11H2,1-3H3;4-5,7-8,11-13,24H,6,9-10H2,1-3H3. The Morgan fingerprint density at radius 1 is 0.315 bits per heavy atom. The van der Waals surface area contributed by atoms with E-state index in [1.807, 2.05) is 84.9 Å². The lowest BCUT2D eigenvalue weighted by atomic mass is 9.95. The zero-order valence-electron chi connectivity index (χ0n) is 84.4. The van der Waals surface area contributed by atoms with E-state index in [0.29, 0.717) is 188 Å². The molecule has 149 heavy (non-hydrogen) atoms. The molecular formula is C112H117Cl6N15O16. The van der Waals surface area contributed by atoms with Crippen LogP contribution in [-0.2, 0) is 93.6 Å². The summed E-state index contributed by atoms with van der Waals surface area (Å²) in [5.74, 6) is 1.93. The Hall–Kier alpha value is -13.7. The Balaban J connectivity index is 0.000000156. The number of aromatic nitrogens is 15. The van der Waals surface area contributed by atoms with Gasteiger partial charge in [-0.2, -0.15) is 0 Å². The fourth-order valence-electron chi connectivity index (χ4n) is 17.7.